The van der Waals surface area contributed by atoms with Gasteiger partial charge >= 0.3 is 5.97 Å². The summed E-state index contributed by atoms with van der Waals surface area (Å²) < 4.78 is 46.8. The molecule has 7 nitrogen and oxygen atoms in total. The van der Waals surface area contributed by atoms with Gasteiger partial charge in [-0.1, -0.05) is 29.8 Å². The number of hydrogen-bond donors (Lipinski definition) is 1. The van der Waals surface area contributed by atoms with Gasteiger partial charge in [0, 0.05) is 5.69 Å². The van der Waals surface area contributed by atoms with Crippen molar-refractivity contribution in [1.29, 1.82) is 0 Å². The Morgan fingerprint density at radius 3 is 2.21 bits per heavy atom. The van der Waals surface area contributed by atoms with Gasteiger partial charge in [-0.3, -0.25) is 9.10 Å². The number of carbonyl (C=O) groups excluding carboxylic acids is 2. The van der Waals surface area contributed by atoms with Crippen LogP contribution in [-0.4, -0.2) is 33.4 Å². The van der Waals surface area contributed by atoms with Crippen LogP contribution < -0.4 is 9.62 Å². The second kappa shape index (κ2) is 10.3. The van der Waals surface area contributed by atoms with Crippen molar-refractivity contribution >= 4 is 33.3 Å². The minimum absolute atomic E-state index is 0.0667. The molecule has 0 bridgehead atoms. The number of sulfonamides is 1. The number of anilines is 2. The summed E-state index contributed by atoms with van der Waals surface area (Å²) in [6, 6.07) is 17.3. The van der Waals surface area contributed by atoms with E-state index in [-0.39, 0.29) is 17.2 Å². The fraction of sp³-hybridized carbons (Fsp3) is 0.167. The Morgan fingerprint density at radius 1 is 0.970 bits per heavy atom. The summed E-state index contributed by atoms with van der Waals surface area (Å²) in [5, 5.41) is 2.57. The molecule has 0 aliphatic rings. The van der Waals surface area contributed by atoms with Crippen molar-refractivity contribution in [2.24, 2.45) is 0 Å². The summed E-state index contributed by atoms with van der Waals surface area (Å²) in [5.74, 6) is -1.96. The average Bonchev–Trinajstić information content (AvgIpc) is 2.79. The van der Waals surface area contributed by atoms with E-state index in [2.05, 4.69) is 5.32 Å². The van der Waals surface area contributed by atoms with E-state index in [0.717, 1.165) is 15.9 Å². The molecule has 1 N–H and O–H groups in total. The van der Waals surface area contributed by atoms with Crippen molar-refractivity contribution in [3.63, 3.8) is 0 Å². The van der Waals surface area contributed by atoms with Gasteiger partial charge in [0.15, 0.2) is 0 Å². The molecule has 0 aliphatic heterocycles. The van der Waals surface area contributed by atoms with Crippen molar-refractivity contribution in [3.05, 3.63) is 89.7 Å². The van der Waals surface area contributed by atoms with Crippen molar-refractivity contribution in [3.8, 4) is 0 Å². The van der Waals surface area contributed by atoms with Crippen LogP contribution in [0.25, 0.3) is 0 Å². The van der Waals surface area contributed by atoms with Gasteiger partial charge in [-0.25, -0.2) is 17.6 Å². The third-order valence-corrected chi connectivity index (χ3v) is 6.47. The highest BCUT2D eigenvalue weighted by Crippen LogP contribution is 2.26. The van der Waals surface area contributed by atoms with Crippen molar-refractivity contribution in [2.45, 2.75) is 18.7 Å². The molecule has 0 aliphatic carbocycles. The maximum atomic E-state index is 14.5. The standard InChI is InChI=1S/C24H23FN2O5S/c1-3-32-24(29)18-10-12-19(13-11-18)26-23(28)16-27(22-7-5-4-6-21(22)25)33(30,31)20-14-8-17(2)9-15-20/h4-15H,3,16H2,1-2H3,(H,26,28). The van der Waals surface area contributed by atoms with Gasteiger partial charge in [0.1, 0.15) is 12.4 Å². The Hall–Kier alpha value is -3.72. The molecule has 0 aromatic heterocycles. The molecule has 3 aromatic rings. The Labute approximate surface area is 191 Å². The summed E-state index contributed by atoms with van der Waals surface area (Å²) in [6.45, 7) is 3.08. The summed E-state index contributed by atoms with van der Waals surface area (Å²) >= 11 is 0. The highest BCUT2D eigenvalue weighted by Gasteiger charge is 2.29. The summed E-state index contributed by atoms with van der Waals surface area (Å²) in [4.78, 5) is 24.4. The molecule has 33 heavy (non-hydrogen) atoms. The number of nitrogens with zero attached hydrogens (tertiary/aromatic N) is 1. The maximum absolute atomic E-state index is 14.5. The first-order valence-electron chi connectivity index (χ1n) is 10.1. The van der Waals surface area contributed by atoms with Crippen molar-refractivity contribution < 1.29 is 27.1 Å². The minimum atomic E-state index is -4.23. The first kappa shape index (κ1) is 23.9. The van der Waals surface area contributed by atoms with Gasteiger partial charge in [-0.05, 0) is 62.4 Å². The minimum Gasteiger partial charge on any atom is -0.462 e. The van der Waals surface area contributed by atoms with E-state index in [1.165, 1.54) is 54.6 Å². The highest BCUT2D eigenvalue weighted by molar-refractivity contribution is 7.92. The van der Waals surface area contributed by atoms with E-state index in [4.69, 9.17) is 4.74 Å². The van der Waals surface area contributed by atoms with Crippen LogP contribution in [0.2, 0.25) is 0 Å². The van der Waals surface area contributed by atoms with Crippen LogP contribution in [0.3, 0.4) is 0 Å². The van der Waals surface area contributed by atoms with Crippen LogP contribution in [0.15, 0.2) is 77.7 Å². The molecule has 0 saturated heterocycles. The lowest BCUT2D eigenvalue weighted by molar-refractivity contribution is -0.114. The maximum Gasteiger partial charge on any atom is 0.338 e. The Balaban J connectivity index is 1.86. The van der Waals surface area contributed by atoms with Crippen molar-refractivity contribution in [2.75, 3.05) is 22.8 Å². The van der Waals surface area contributed by atoms with E-state index >= 15 is 0 Å². The summed E-state index contributed by atoms with van der Waals surface area (Å²) in [6.07, 6.45) is 0. The van der Waals surface area contributed by atoms with Gasteiger partial charge in [0.2, 0.25) is 5.91 Å². The number of para-hydroxylation sites is 1. The fourth-order valence-electron chi connectivity index (χ4n) is 3.03. The summed E-state index contributed by atoms with van der Waals surface area (Å²) in [7, 11) is -4.23. The Kier molecular flexibility index (Phi) is 7.44. The van der Waals surface area contributed by atoms with E-state index in [1.807, 2.05) is 6.92 Å². The number of benzene rings is 3. The third kappa shape index (κ3) is 5.75. The summed E-state index contributed by atoms with van der Waals surface area (Å²) in [5.41, 5.74) is 1.26. The first-order valence-corrected chi connectivity index (χ1v) is 11.6. The van der Waals surface area contributed by atoms with Gasteiger partial charge < -0.3 is 10.1 Å². The van der Waals surface area contributed by atoms with E-state index in [9.17, 15) is 22.4 Å². The number of aryl methyl sites for hydroxylation is 1. The molecular formula is C24H23FN2O5S. The average molecular weight is 471 g/mol. The normalized spacial score (nSPS) is 11.0. The molecule has 3 rings (SSSR count). The topological polar surface area (TPSA) is 92.8 Å². The second-order valence-electron chi connectivity index (χ2n) is 7.12. The fourth-order valence-corrected chi connectivity index (χ4v) is 4.45. The highest BCUT2D eigenvalue weighted by atomic mass is 32.2. The van der Waals surface area contributed by atoms with Gasteiger partial charge in [-0.15, -0.1) is 0 Å². The molecular weight excluding hydrogens is 447 g/mol. The Morgan fingerprint density at radius 2 is 1.61 bits per heavy atom. The molecule has 172 valence electrons. The molecule has 0 saturated carbocycles. The molecule has 9 heteroatoms. The third-order valence-electron chi connectivity index (χ3n) is 4.70. The predicted molar refractivity (Wildman–Crippen MR) is 123 cm³/mol. The molecule has 0 unspecified atom stereocenters. The smallest absolute Gasteiger partial charge is 0.338 e. The number of hydrogen-bond acceptors (Lipinski definition) is 5. The zero-order valence-electron chi connectivity index (χ0n) is 18.1. The quantitative estimate of drug-likeness (QED) is 0.500. The molecule has 0 radical (unpaired) electrons. The Bertz CT molecular complexity index is 1240. The number of carbonyl (C=O) groups is 2. The molecule has 0 atom stereocenters. The zero-order valence-corrected chi connectivity index (χ0v) is 18.9. The molecule has 1 amide bonds. The number of ether oxygens (including phenoxy) is 1. The lowest BCUT2D eigenvalue weighted by atomic mass is 10.2. The first-order chi connectivity index (χ1) is 15.7. The van der Waals surface area contributed by atoms with E-state index in [0.29, 0.717) is 11.3 Å². The number of nitrogens with one attached hydrogen (secondary N) is 1. The number of halogens is 1. The lowest BCUT2D eigenvalue weighted by Crippen LogP contribution is -2.38. The van der Waals surface area contributed by atoms with Gasteiger partial charge in [0.25, 0.3) is 10.0 Å². The molecule has 0 heterocycles. The largest absolute Gasteiger partial charge is 0.462 e. The second-order valence-corrected chi connectivity index (χ2v) is 8.98. The van der Waals surface area contributed by atoms with Crippen LogP contribution in [0.4, 0.5) is 15.8 Å². The number of rotatable bonds is 8. The number of amides is 1. The zero-order chi connectivity index (χ0) is 24.0. The van der Waals surface area contributed by atoms with Gasteiger partial charge in [-0.2, -0.15) is 0 Å². The van der Waals surface area contributed by atoms with Gasteiger partial charge in [0.05, 0.1) is 22.8 Å². The predicted octanol–water partition coefficient (Wildman–Crippen LogP) is 4.14. The van der Waals surface area contributed by atoms with Crippen LogP contribution in [0.1, 0.15) is 22.8 Å². The monoisotopic (exact) mass is 470 g/mol. The van der Waals surface area contributed by atoms with E-state index in [1.54, 1.807) is 19.1 Å². The molecule has 3 aromatic carbocycles. The van der Waals surface area contributed by atoms with Crippen LogP contribution in [0.5, 0.6) is 0 Å². The van der Waals surface area contributed by atoms with Crippen LogP contribution in [0, 0.1) is 12.7 Å². The molecule has 0 fully saturated rings. The number of esters is 1. The van der Waals surface area contributed by atoms with Crippen LogP contribution in [-0.2, 0) is 19.6 Å². The SMILES string of the molecule is CCOC(=O)c1ccc(NC(=O)CN(c2ccccc2F)S(=O)(=O)c2ccc(C)cc2)cc1. The lowest BCUT2D eigenvalue weighted by Gasteiger charge is -2.24. The van der Waals surface area contributed by atoms with E-state index < -0.39 is 34.3 Å². The molecule has 0 spiro atoms. The van der Waals surface area contributed by atoms with Crippen LogP contribution >= 0.6 is 0 Å². The van der Waals surface area contributed by atoms with Crippen molar-refractivity contribution in [1.82, 2.24) is 0 Å².